The van der Waals surface area contributed by atoms with Crippen LogP contribution >= 0.6 is 0 Å². The zero-order valence-corrected chi connectivity index (χ0v) is 24.2. The normalized spacial score (nSPS) is 11.8. The lowest BCUT2D eigenvalue weighted by molar-refractivity contribution is -0.139. The molecule has 2 amide bonds. The number of anilines is 1. The summed E-state index contributed by atoms with van der Waals surface area (Å²) in [6, 6.07) is 20.8. The first kappa shape index (κ1) is 30.5. The molecule has 0 aliphatic heterocycles. The monoisotopic (exact) mass is 567 g/mol. The van der Waals surface area contributed by atoms with Gasteiger partial charge in [0.05, 0.1) is 24.3 Å². The van der Waals surface area contributed by atoms with Gasteiger partial charge in [0.15, 0.2) is 0 Å². The SMILES string of the molecule is CCCNC(=O)[C@H](C)N(Cc1cccc(OC)c1)C(=O)CN(c1ccc(OCC)cc1)S(=O)(=O)c1ccccc1. The Labute approximate surface area is 236 Å². The predicted molar refractivity (Wildman–Crippen MR) is 155 cm³/mol. The van der Waals surface area contributed by atoms with Crippen molar-refractivity contribution in [2.24, 2.45) is 0 Å². The number of methoxy groups -OCH3 is 1. The molecule has 3 rings (SSSR count). The summed E-state index contributed by atoms with van der Waals surface area (Å²) in [6.07, 6.45) is 0.739. The Balaban J connectivity index is 2.01. The molecule has 0 saturated heterocycles. The van der Waals surface area contributed by atoms with Crippen LogP contribution in [0.25, 0.3) is 0 Å². The van der Waals surface area contributed by atoms with Gasteiger partial charge in [-0.25, -0.2) is 8.42 Å². The minimum Gasteiger partial charge on any atom is -0.497 e. The molecule has 0 heterocycles. The van der Waals surface area contributed by atoms with Gasteiger partial charge in [0.1, 0.15) is 24.1 Å². The minimum absolute atomic E-state index is 0.0461. The molecule has 0 fully saturated rings. The smallest absolute Gasteiger partial charge is 0.264 e. The maximum atomic E-state index is 13.9. The number of nitrogens with zero attached hydrogens (tertiary/aromatic N) is 2. The van der Waals surface area contributed by atoms with Gasteiger partial charge in [0.2, 0.25) is 11.8 Å². The standard InChI is InChI=1S/C30H37N3O6S/c1-5-19-31-30(35)23(3)32(21-24-11-10-12-27(20-24)38-4)29(34)22-33(25-15-17-26(18-16-25)39-6-2)40(36,37)28-13-8-7-9-14-28/h7-18,20,23H,5-6,19,21-22H2,1-4H3,(H,31,35)/t23-/m0/s1. The third-order valence-corrected chi connectivity index (χ3v) is 8.04. The molecular weight excluding hydrogens is 530 g/mol. The number of amides is 2. The average Bonchev–Trinajstić information content (AvgIpc) is 2.98. The van der Waals surface area contributed by atoms with Gasteiger partial charge in [0, 0.05) is 13.1 Å². The van der Waals surface area contributed by atoms with E-state index < -0.39 is 28.5 Å². The van der Waals surface area contributed by atoms with Crippen LogP contribution in [0.15, 0.2) is 83.8 Å². The summed E-state index contributed by atoms with van der Waals surface area (Å²) < 4.78 is 39.5. The van der Waals surface area contributed by atoms with Gasteiger partial charge >= 0.3 is 0 Å². The lowest BCUT2D eigenvalue weighted by Crippen LogP contribution is -2.51. The van der Waals surface area contributed by atoms with Crippen LogP contribution in [0, 0.1) is 0 Å². The van der Waals surface area contributed by atoms with Crippen molar-refractivity contribution in [1.29, 1.82) is 0 Å². The van der Waals surface area contributed by atoms with E-state index in [4.69, 9.17) is 9.47 Å². The quantitative estimate of drug-likeness (QED) is 0.313. The van der Waals surface area contributed by atoms with Gasteiger partial charge in [0.25, 0.3) is 10.0 Å². The van der Waals surface area contributed by atoms with Crippen molar-refractivity contribution in [2.45, 2.75) is 44.7 Å². The van der Waals surface area contributed by atoms with Gasteiger partial charge in [-0.05, 0) is 74.4 Å². The third-order valence-electron chi connectivity index (χ3n) is 6.25. The molecule has 214 valence electrons. The van der Waals surface area contributed by atoms with Crippen LogP contribution in [0.1, 0.15) is 32.8 Å². The average molecular weight is 568 g/mol. The molecule has 40 heavy (non-hydrogen) atoms. The van der Waals surface area contributed by atoms with Crippen LogP contribution in [0.3, 0.4) is 0 Å². The fourth-order valence-corrected chi connectivity index (χ4v) is 5.50. The summed E-state index contributed by atoms with van der Waals surface area (Å²) >= 11 is 0. The molecule has 3 aromatic rings. The number of nitrogens with one attached hydrogen (secondary N) is 1. The summed E-state index contributed by atoms with van der Waals surface area (Å²) in [4.78, 5) is 28.3. The van der Waals surface area contributed by atoms with Crippen molar-refractivity contribution in [3.8, 4) is 11.5 Å². The molecule has 0 aliphatic carbocycles. The van der Waals surface area contributed by atoms with Gasteiger partial charge in [-0.15, -0.1) is 0 Å². The molecule has 0 spiro atoms. The summed E-state index contributed by atoms with van der Waals surface area (Å²) in [6.45, 7) is 5.92. The molecule has 0 aliphatic rings. The van der Waals surface area contributed by atoms with E-state index in [9.17, 15) is 18.0 Å². The van der Waals surface area contributed by atoms with E-state index in [1.54, 1.807) is 74.7 Å². The largest absolute Gasteiger partial charge is 0.497 e. The Bertz CT molecular complexity index is 1360. The molecule has 0 unspecified atom stereocenters. The molecule has 0 radical (unpaired) electrons. The summed E-state index contributed by atoms with van der Waals surface area (Å²) in [7, 11) is -2.58. The van der Waals surface area contributed by atoms with E-state index in [1.165, 1.54) is 17.0 Å². The van der Waals surface area contributed by atoms with E-state index >= 15 is 0 Å². The van der Waals surface area contributed by atoms with Crippen LogP contribution in [-0.2, 0) is 26.2 Å². The van der Waals surface area contributed by atoms with Crippen molar-refractivity contribution in [1.82, 2.24) is 10.2 Å². The number of hydrogen-bond donors (Lipinski definition) is 1. The van der Waals surface area contributed by atoms with Gasteiger partial charge in [-0.1, -0.05) is 37.3 Å². The zero-order valence-electron chi connectivity index (χ0n) is 23.4. The van der Waals surface area contributed by atoms with Crippen molar-refractivity contribution in [3.63, 3.8) is 0 Å². The van der Waals surface area contributed by atoms with Crippen LogP contribution < -0.4 is 19.1 Å². The van der Waals surface area contributed by atoms with E-state index in [0.717, 1.165) is 16.3 Å². The summed E-state index contributed by atoms with van der Waals surface area (Å²) in [5.74, 6) is 0.332. The Morgan fingerprint density at radius 3 is 2.25 bits per heavy atom. The maximum absolute atomic E-state index is 13.9. The van der Waals surface area contributed by atoms with Crippen LogP contribution in [0.2, 0.25) is 0 Å². The highest BCUT2D eigenvalue weighted by Gasteiger charge is 2.32. The first-order chi connectivity index (χ1) is 19.2. The Morgan fingerprint density at radius 2 is 1.62 bits per heavy atom. The van der Waals surface area contributed by atoms with Crippen LogP contribution in [0.4, 0.5) is 5.69 Å². The number of hydrogen-bond acceptors (Lipinski definition) is 6. The fraction of sp³-hybridized carbons (Fsp3) is 0.333. The molecule has 1 atom stereocenters. The summed E-state index contributed by atoms with van der Waals surface area (Å²) in [5, 5.41) is 2.83. The van der Waals surface area contributed by atoms with Crippen molar-refractivity contribution in [3.05, 3.63) is 84.4 Å². The summed E-state index contributed by atoms with van der Waals surface area (Å²) in [5.41, 5.74) is 1.03. The molecule has 9 nitrogen and oxygen atoms in total. The molecule has 3 aromatic carbocycles. The highest BCUT2D eigenvalue weighted by molar-refractivity contribution is 7.92. The number of ether oxygens (including phenoxy) is 2. The number of benzene rings is 3. The molecular formula is C30H37N3O6S. The van der Waals surface area contributed by atoms with E-state index in [1.807, 2.05) is 19.9 Å². The number of sulfonamides is 1. The number of carbonyl (C=O) groups is 2. The first-order valence-corrected chi connectivity index (χ1v) is 14.7. The van der Waals surface area contributed by atoms with Gasteiger partial charge in [-0.3, -0.25) is 13.9 Å². The zero-order chi connectivity index (χ0) is 29.1. The van der Waals surface area contributed by atoms with E-state index in [2.05, 4.69) is 5.32 Å². The number of rotatable bonds is 14. The predicted octanol–water partition coefficient (Wildman–Crippen LogP) is 4.23. The van der Waals surface area contributed by atoms with Crippen LogP contribution in [-0.4, -0.2) is 58.0 Å². The first-order valence-electron chi connectivity index (χ1n) is 13.2. The lowest BCUT2D eigenvalue weighted by atomic mass is 10.1. The second-order valence-electron chi connectivity index (χ2n) is 9.09. The maximum Gasteiger partial charge on any atom is 0.264 e. The number of carbonyl (C=O) groups excluding carboxylic acids is 2. The van der Waals surface area contributed by atoms with E-state index in [-0.39, 0.29) is 17.3 Å². The van der Waals surface area contributed by atoms with E-state index in [0.29, 0.717) is 30.3 Å². The fourth-order valence-electron chi connectivity index (χ4n) is 4.07. The molecule has 1 N–H and O–H groups in total. The van der Waals surface area contributed by atoms with Gasteiger partial charge < -0.3 is 19.7 Å². The van der Waals surface area contributed by atoms with Gasteiger partial charge in [-0.2, -0.15) is 0 Å². The van der Waals surface area contributed by atoms with Crippen molar-refractivity contribution in [2.75, 3.05) is 31.1 Å². The van der Waals surface area contributed by atoms with Crippen molar-refractivity contribution < 1.29 is 27.5 Å². The third kappa shape index (κ3) is 7.75. The minimum atomic E-state index is -4.13. The Kier molecular flexibility index (Phi) is 11.0. The lowest BCUT2D eigenvalue weighted by Gasteiger charge is -2.32. The molecule has 0 saturated carbocycles. The second-order valence-corrected chi connectivity index (χ2v) is 11.0. The highest BCUT2D eigenvalue weighted by Crippen LogP contribution is 2.27. The molecule has 0 bridgehead atoms. The molecule has 0 aromatic heterocycles. The Hall–Kier alpha value is -4.05. The van der Waals surface area contributed by atoms with Crippen LogP contribution in [0.5, 0.6) is 11.5 Å². The van der Waals surface area contributed by atoms with Crippen molar-refractivity contribution >= 4 is 27.5 Å². The second kappa shape index (κ2) is 14.4. The topological polar surface area (TPSA) is 105 Å². The molecule has 10 heteroatoms. The highest BCUT2D eigenvalue weighted by atomic mass is 32.2. The Morgan fingerprint density at radius 1 is 0.925 bits per heavy atom.